The number of hydrogen-bond acceptors (Lipinski definition) is 7. The molecule has 0 radical (unpaired) electrons. The van der Waals surface area contributed by atoms with Crippen LogP contribution in [-0.4, -0.2) is 71.1 Å². The molecular formula is C20H30N6O2. The Labute approximate surface area is 166 Å². The van der Waals surface area contributed by atoms with Crippen molar-refractivity contribution < 1.29 is 9.47 Å². The normalized spacial score (nSPS) is 21.8. The van der Waals surface area contributed by atoms with Gasteiger partial charge in [-0.25, -0.2) is 4.68 Å². The highest BCUT2D eigenvalue weighted by Crippen LogP contribution is 2.27. The predicted molar refractivity (Wildman–Crippen MR) is 107 cm³/mol. The fourth-order valence-corrected chi connectivity index (χ4v) is 4.25. The highest BCUT2D eigenvalue weighted by atomic mass is 16.5. The molecule has 0 amide bonds. The lowest BCUT2D eigenvalue weighted by Gasteiger charge is -2.39. The van der Waals surface area contributed by atoms with Crippen molar-refractivity contribution in [2.75, 3.05) is 44.8 Å². The molecule has 0 unspecified atom stereocenters. The van der Waals surface area contributed by atoms with Crippen LogP contribution in [0.1, 0.15) is 38.1 Å². The summed E-state index contributed by atoms with van der Waals surface area (Å²) in [5.41, 5.74) is 1.25. The summed E-state index contributed by atoms with van der Waals surface area (Å²) in [5.74, 6) is 1.86. The highest BCUT2D eigenvalue weighted by molar-refractivity contribution is 5.49. The summed E-state index contributed by atoms with van der Waals surface area (Å²) in [6.45, 7) is 7.81. The molecule has 2 fully saturated rings. The average Bonchev–Trinajstić information content (AvgIpc) is 3.42. The number of piperazine rings is 1. The first kappa shape index (κ1) is 19.1. The minimum atomic E-state index is 0.242. The third-order valence-electron chi connectivity index (χ3n) is 5.84. The Balaban J connectivity index is 1.39. The summed E-state index contributed by atoms with van der Waals surface area (Å²) in [7, 11) is 1.70. The number of methoxy groups -OCH3 is 1. The first-order valence-corrected chi connectivity index (χ1v) is 10.3. The van der Waals surface area contributed by atoms with E-state index in [0.29, 0.717) is 0 Å². The van der Waals surface area contributed by atoms with E-state index in [2.05, 4.69) is 44.4 Å². The maximum Gasteiger partial charge on any atom is 0.168 e. The molecule has 0 aliphatic carbocycles. The highest BCUT2D eigenvalue weighted by Gasteiger charge is 2.29. The van der Waals surface area contributed by atoms with Gasteiger partial charge in [0.1, 0.15) is 5.75 Å². The van der Waals surface area contributed by atoms with Crippen LogP contribution in [0, 0.1) is 0 Å². The van der Waals surface area contributed by atoms with Crippen molar-refractivity contribution in [3.05, 3.63) is 30.1 Å². The second kappa shape index (κ2) is 8.87. The Hall–Kier alpha value is -2.19. The number of benzene rings is 1. The first-order chi connectivity index (χ1) is 13.8. The number of rotatable bonds is 7. The van der Waals surface area contributed by atoms with Gasteiger partial charge in [0.2, 0.25) is 0 Å². The van der Waals surface area contributed by atoms with Crippen LogP contribution in [0.2, 0.25) is 0 Å². The van der Waals surface area contributed by atoms with Crippen molar-refractivity contribution in [1.82, 2.24) is 25.1 Å². The van der Waals surface area contributed by atoms with E-state index in [9.17, 15) is 0 Å². The first-order valence-electron chi connectivity index (χ1n) is 10.3. The molecule has 3 heterocycles. The number of aromatic nitrogens is 4. The molecule has 2 aliphatic rings. The molecule has 152 valence electrons. The maximum atomic E-state index is 5.77. The van der Waals surface area contributed by atoms with Gasteiger partial charge in [-0.2, -0.15) is 0 Å². The summed E-state index contributed by atoms with van der Waals surface area (Å²) in [4.78, 5) is 4.94. The van der Waals surface area contributed by atoms with Crippen molar-refractivity contribution in [3.63, 3.8) is 0 Å². The van der Waals surface area contributed by atoms with Gasteiger partial charge in [0.05, 0.1) is 25.8 Å². The van der Waals surface area contributed by atoms with Gasteiger partial charge in [-0.05, 0) is 54.0 Å². The van der Waals surface area contributed by atoms with Crippen LogP contribution in [-0.2, 0) is 11.3 Å². The summed E-state index contributed by atoms with van der Waals surface area (Å²) in [5, 5.41) is 12.6. The van der Waals surface area contributed by atoms with Crippen molar-refractivity contribution in [3.8, 4) is 5.75 Å². The van der Waals surface area contributed by atoms with E-state index in [0.717, 1.165) is 70.2 Å². The lowest BCUT2D eigenvalue weighted by atomic mass is 10.1. The quantitative estimate of drug-likeness (QED) is 0.722. The summed E-state index contributed by atoms with van der Waals surface area (Å²) >= 11 is 0. The third-order valence-corrected chi connectivity index (χ3v) is 5.84. The standard InChI is InChI=1S/C20H30N6O2/c1-3-19(20-21-22-23-26(20)15-18-5-4-14-28-18)25-12-10-24(11-13-25)16-6-8-17(27-2)9-7-16/h6-9,18-19H,3-5,10-15H2,1-2H3/t18-,19+/m0/s1. The minimum absolute atomic E-state index is 0.242. The van der Waals surface area contributed by atoms with Crippen LogP contribution < -0.4 is 9.64 Å². The number of nitrogens with zero attached hydrogens (tertiary/aromatic N) is 6. The van der Waals surface area contributed by atoms with Crippen LogP contribution in [0.4, 0.5) is 5.69 Å². The molecule has 2 aliphatic heterocycles. The number of anilines is 1. The molecule has 8 heteroatoms. The fraction of sp³-hybridized carbons (Fsp3) is 0.650. The molecule has 2 aromatic rings. The van der Waals surface area contributed by atoms with E-state index in [1.165, 1.54) is 5.69 Å². The molecule has 4 rings (SSSR count). The maximum absolute atomic E-state index is 5.77. The topological polar surface area (TPSA) is 68.5 Å². The van der Waals surface area contributed by atoms with Crippen LogP contribution >= 0.6 is 0 Å². The Morgan fingerprint density at radius 2 is 1.96 bits per heavy atom. The van der Waals surface area contributed by atoms with Crippen LogP contribution in [0.15, 0.2) is 24.3 Å². The Kier molecular flexibility index (Phi) is 6.07. The molecule has 28 heavy (non-hydrogen) atoms. The van der Waals surface area contributed by atoms with Crippen molar-refractivity contribution in [2.45, 2.75) is 44.9 Å². The average molecular weight is 387 g/mol. The number of tetrazole rings is 1. The molecule has 2 saturated heterocycles. The SMILES string of the molecule is CC[C@H](c1nnnn1C[C@@H]1CCCO1)N1CCN(c2ccc(OC)cc2)CC1. The van der Waals surface area contributed by atoms with Crippen molar-refractivity contribution in [1.29, 1.82) is 0 Å². The van der Waals surface area contributed by atoms with E-state index in [1.54, 1.807) is 7.11 Å². The largest absolute Gasteiger partial charge is 0.497 e. The zero-order valence-electron chi connectivity index (χ0n) is 16.8. The van der Waals surface area contributed by atoms with Gasteiger partial charge in [-0.15, -0.1) is 5.10 Å². The molecule has 1 aromatic heterocycles. The van der Waals surface area contributed by atoms with E-state index in [1.807, 2.05) is 16.8 Å². The Morgan fingerprint density at radius 1 is 1.18 bits per heavy atom. The molecule has 0 N–H and O–H groups in total. The van der Waals surface area contributed by atoms with Crippen LogP contribution in [0.3, 0.4) is 0 Å². The minimum Gasteiger partial charge on any atom is -0.497 e. The molecule has 0 spiro atoms. The van der Waals surface area contributed by atoms with Gasteiger partial charge in [-0.1, -0.05) is 6.92 Å². The van der Waals surface area contributed by atoms with Crippen LogP contribution in [0.25, 0.3) is 0 Å². The summed E-state index contributed by atoms with van der Waals surface area (Å²) in [6, 6.07) is 8.56. The lowest BCUT2D eigenvalue weighted by Crippen LogP contribution is -2.48. The van der Waals surface area contributed by atoms with Crippen molar-refractivity contribution >= 4 is 5.69 Å². The monoisotopic (exact) mass is 386 g/mol. The van der Waals surface area contributed by atoms with Crippen LogP contribution in [0.5, 0.6) is 5.75 Å². The third kappa shape index (κ3) is 4.12. The number of hydrogen-bond donors (Lipinski definition) is 0. The Morgan fingerprint density at radius 3 is 2.61 bits per heavy atom. The lowest BCUT2D eigenvalue weighted by molar-refractivity contribution is 0.0894. The van der Waals surface area contributed by atoms with E-state index in [-0.39, 0.29) is 12.1 Å². The fourth-order valence-electron chi connectivity index (χ4n) is 4.25. The smallest absolute Gasteiger partial charge is 0.168 e. The van der Waals surface area contributed by atoms with E-state index < -0.39 is 0 Å². The molecule has 0 saturated carbocycles. The molecular weight excluding hydrogens is 356 g/mol. The summed E-state index contributed by atoms with van der Waals surface area (Å²) in [6.07, 6.45) is 3.46. The molecule has 2 atom stereocenters. The molecule has 1 aromatic carbocycles. The zero-order chi connectivity index (χ0) is 19.3. The summed E-state index contributed by atoms with van der Waals surface area (Å²) < 4.78 is 13.0. The van der Waals surface area contributed by atoms with Gasteiger partial charge in [0.15, 0.2) is 5.82 Å². The molecule has 8 nitrogen and oxygen atoms in total. The van der Waals surface area contributed by atoms with Gasteiger partial charge < -0.3 is 14.4 Å². The Bertz CT molecular complexity index is 735. The van der Waals surface area contributed by atoms with Crippen molar-refractivity contribution in [2.24, 2.45) is 0 Å². The predicted octanol–water partition coefficient (Wildman–Crippen LogP) is 2.13. The van der Waals surface area contributed by atoms with E-state index >= 15 is 0 Å². The number of ether oxygens (including phenoxy) is 2. The van der Waals surface area contributed by atoms with E-state index in [4.69, 9.17) is 9.47 Å². The second-order valence-electron chi connectivity index (χ2n) is 7.50. The van der Waals surface area contributed by atoms with Gasteiger partial charge in [-0.3, -0.25) is 4.90 Å². The second-order valence-corrected chi connectivity index (χ2v) is 7.50. The van der Waals surface area contributed by atoms with Gasteiger partial charge >= 0.3 is 0 Å². The van der Waals surface area contributed by atoms with Gasteiger partial charge in [0, 0.05) is 38.5 Å². The van der Waals surface area contributed by atoms with Gasteiger partial charge in [0.25, 0.3) is 0 Å². The molecule has 0 bridgehead atoms. The zero-order valence-corrected chi connectivity index (χ0v) is 16.8.